The molecular weight excluding hydrogens is 156 g/mol. The molecule has 0 aliphatic heterocycles. The zero-order chi connectivity index (χ0) is 9.15. The van der Waals surface area contributed by atoms with Gasteiger partial charge in [0.05, 0.1) is 0 Å². The third kappa shape index (κ3) is 1.67. The Morgan fingerprint density at radius 3 is 2.46 bits per heavy atom. The van der Waals surface area contributed by atoms with Crippen molar-refractivity contribution < 1.29 is 0 Å². The van der Waals surface area contributed by atoms with Gasteiger partial charge in [0.1, 0.15) is 0 Å². The smallest absolute Gasteiger partial charge is 0.0133 e. The van der Waals surface area contributed by atoms with Crippen LogP contribution in [0.2, 0.25) is 0 Å². The summed E-state index contributed by atoms with van der Waals surface area (Å²) in [5.74, 6) is 0. The first kappa shape index (κ1) is 8.55. The van der Waals surface area contributed by atoms with Crippen LogP contribution in [0.1, 0.15) is 31.7 Å². The fraction of sp³-hybridized carbons (Fsp3) is 0.385. The molecule has 0 amide bonds. The average molecular weight is 172 g/mol. The largest absolute Gasteiger partial charge is 0.0879 e. The van der Waals surface area contributed by atoms with Gasteiger partial charge in [0.15, 0.2) is 0 Å². The van der Waals surface area contributed by atoms with Crippen LogP contribution in [0.15, 0.2) is 42.5 Å². The van der Waals surface area contributed by atoms with Crippen LogP contribution in [0, 0.1) is 0 Å². The van der Waals surface area contributed by atoms with E-state index in [1.807, 2.05) is 0 Å². The van der Waals surface area contributed by atoms with Crippen molar-refractivity contribution in [3.8, 4) is 0 Å². The van der Waals surface area contributed by atoms with Crippen molar-refractivity contribution in [3.63, 3.8) is 0 Å². The molecule has 1 aliphatic rings. The van der Waals surface area contributed by atoms with Gasteiger partial charge in [-0.15, -0.1) is 0 Å². The van der Waals surface area contributed by atoms with Crippen molar-refractivity contribution in [1.82, 2.24) is 0 Å². The molecular formula is C13H16. The Morgan fingerprint density at radius 1 is 1.23 bits per heavy atom. The van der Waals surface area contributed by atoms with Gasteiger partial charge in [0, 0.05) is 5.41 Å². The fourth-order valence-electron chi connectivity index (χ4n) is 1.80. The maximum absolute atomic E-state index is 2.39. The van der Waals surface area contributed by atoms with E-state index in [0.717, 1.165) is 6.42 Å². The molecule has 68 valence electrons. The van der Waals surface area contributed by atoms with Gasteiger partial charge in [0.2, 0.25) is 0 Å². The second kappa shape index (κ2) is 3.37. The van der Waals surface area contributed by atoms with E-state index in [2.05, 4.69) is 49.4 Å². The predicted molar refractivity (Wildman–Crippen MR) is 56.8 cm³/mol. The van der Waals surface area contributed by atoms with E-state index in [1.165, 1.54) is 18.4 Å². The van der Waals surface area contributed by atoms with Gasteiger partial charge in [-0.05, 0) is 24.8 Å². The van der Waals surface area contributed by atoms with E-state index in [1.54, 1.807) is 0 Å². The first-order valence-electron chi connectivity index (χ1n) is 5.11. The molecule has 0 aromatic heterocycles. The molecule has 1 fully saturated rings. The van der Waals surface area contributed by atoms with Crippen LogP contribution >= 0.6 is 0 Å². The summed E-state index contributed by atoms with van der Waals surface area (Å²) in [6.07, 6.45) is 8.48. The van der Waals surface area contributed by atoms with E-state index in [4.69, 9.17) is 0 Å². The topological polar surface area (TPSA) is 0 Å². The molecule has 0 spiro atoms. The van der Waals surface area contributed by atoms with Crippen molar-refractivity contribution in [1.29, 1.82) is 0 Å². The van der Waals surface area contributed by atoms with Crippen LogP contribution in [0.5, 0.6) is 0 Å². The zero-order valence-corrected chi connectivity index (χ0v) is 8.16. The lowest BCUT2D eigenvalue weighted by Crippen LogP contribution is -2.00. The first-order valence-corrected chi connectivity index (χ1v) is 5.11. The van der Waals surface area contributed by atoms with E-state index < -0.39 is 0 Å². The second-order valence-corrected chi connectivity index (χ2v) is 3.83. The summed E-state index contributed by atoms with van der Waals surface area (Å²) in [6.45, 7) is 2.19. The number of allylic oxidation sites excluding steroid dienone is 2. The molecule has 1 aromatic carbocycles. The van der Waals surface area contributed by atoms with Crippen LogP contribution in [0.25, 0.3) is 0 Å². The average Bonchev–Trinajstić information content (AvgIpc) is 2.97. The molecule has 1 aliphatic carbocycles. The Hall–Kier alpha value is -1.04. The summed E-state index contributed by atoms with van der Waals surface area (Å²) in [7, 11) is 0. The van der Waals surface area contributed by atoms with Crippen LogP contribution in [-0.4, -0.2) is 0 Å². The Bertz CT molecular complexity index is 291. The molecule has 0 unspecified atom stereocenters. The highest BCUT2D eigenvalue weighted by Crippen LogP contribution is 2.49. The molecule has 13 heavy (non-hydrogen) atoms. The molecule has 0 atom stereocenters. The van der Waals surface area contributed by atoms with Gasteiger partial charge in [-0.25, -0.2) is 0 Å². The molecule has 0 heteroatoms. The molecule has 1 aromatic rings. The number of hydrogen-bond acceptors (Lipinski definition) is 0. The third-order valence-electron chi connectivity index (χ3n) is 2.81. The minimum absolute atomic E-state index is 0.414. The predicted octanol–water partition coefficient (Wildman–Crippen LogP) is 3.68. The van der Waals surface area contributed by atoms with Crippen molar-refractivity contribution in [2.75, 3.05) is 0 Å². The zero-order valence-electron chi connectivity index (χ0n) is 8.16. The SMILES string of the molecule is CCC=CC1(c2ccccc2)CC1. The normalized spacial score (nSPS) is 19.2. The molecule has 0 radical (unpaired) electrons. The lowest BCUT2D eigenvalue weighted by molar-refractivity contribution is 0.883. The van der Waals surface area contributed by atoms with E-state index in [9.17, 15) is 0 Å². The standard InChI is InChI=1S/C13H16/c1-2-3-9-13(10-11-13)12-7-5-4-6-8-12/h3-9H,2,10-11H2,1H3. The van der Waals surface area contributed by atoms with Gasteiger partial charge in [0.25, 0.3) is 0 Å². The van der Waals surface area contributed by atoms with Gasteiger partial charge in [-0.1, -0.05) is 49.4 Å². The highest BCUT2D eigenvalue weighted by Gasteiger charge is 2.41. The van der Waals surface area contributed by atoms with Crippen molar-refractivity contribution in [2.24, 2.45) is 0 Å². The molecule has 0 N–H and O–H groups in total. The van der Waals surface area contributed by atoms with E-state index >= 15 is 0 Å². The summed E-state index contributed by atoms with van der Waals surface area (Å²) < 4.78 is 0. The molecule has 0 bridgehead atoms. The van der Waals surface area contributed by atoms with Gasteiger partial charge < -0.3 is 0 Å². The molecule has 1 saturated carbocycles. The van der Waals surface area contributed by atoms with Gasteiger partial charge in [-0.2, -0.15) is 0 Å². The summed E-state index contributed by atoms with van der Waals surface area (Å²) in [6, 6.07) is 10.8. The third-order valence-corrected chi connectivity index (χ3v) is 2.81. The maximum atomic E-state index is 2.39. The van der Waals surface area contributed by atoms with Gasteiger partial charge in [-0.3, -0.25) is 0 Å². The maximum Gasteiger partial charge on any atom is 0.0133 e. The first-order chi connectivity index (χ1) is 6.37. The quantitative estimate of drug-likeness (QED) is 0.610. The highest BCUT2D eigenvalue weighted by molar-refractivity contribution is 5.36. The molecule has 0 nitrogen and oxygen atoms in total. The summed E-state index contributed by atoms with van der Waals surface area (Å²) >= 11 is 0. The lowest BCUT2D eigenvalue weighted by atomic mass is 9.95. The lowest BCUT2D eigenvalue weighted by Gasteiger charge is -2.09. The number of rotatable bonds is 3. The molecule has 2 rings (SSSR count). The summed E-state index contributed by atoms with van der Waals surface area (Å²) in [5, 5.41) is 0. The minimum Gasteiger partial charge on any atom is -0.0879 e. The van der Waals surface area contributed by atoms with Crippen LogP contribution in [0.4, 0.5) is 0 Å². The monoisotopic (exact) mass is 172 g/mol. The number of hydrogen-bond donors (Lipinski definition) is 0. The van der Waals surface area contributed by atoms with Crippen molar-refractivity contribution in [2.45, 2.75) is 31.6 Å². The van der Waals surface area contributed by atoms with Crippen LogP contribution in [-0.2, 0) is 5.41 Å². The summed E-state index contributed by atoms with van der Waals surface area (Å²) in [4.78, 5) is 0. The van der Waals surface area contributed by atoms with Crippen LogP contribution < -0.4 is 0 Å². The molecule has 0 heterocycles. The van der Waals surface area contributed by atoms with Gasteiger partial charge >= 0.3 is 0 Å². The Morgan fingerprint density at radius 2 is 1.92 bits per heavy atom. The second-order valence-electron chi connectivity index (χ2n) is 3.83. The summed E-state index contributed by atoms with van der Waals surface area (Å²) in [5.41, 5.74) is 1.90. The minimum atomic E-state index is 0.414. The van der Waals surface area contributed by atoms with Crippen LogP contribution in [0.3, 0.4) is 0 Å². The van der Waals surface area contributed by atoms with Crippen molar-refractivity contribution in [3.05, 3.63) is 48.0 Å². The Labute approximate surface area is 80.3 Å². The molecule has 0 saturated heterocycles. The Balaban J connectivity index is 2.21. The van der Waals surface area contributed by atoms with Crippen molar-refractivity contribution >= 4 is 0 Å². The number of benzene rings is 1. The highest BCUT2D eigenvalue weighted by atomic mass is 14.4. The van der Waals surface area contributed by atoms with E-state index in [0.29, 0.717) is 5.41 Å². The fourth-order valence-corrected chi connectivity index (χ4v) is 1.80. The van der Waals surface area contributed by atoms with E-state index in [-0.39, 0.29) is 0 Å². The Kier molecular flexibility index (Phi) is 2.22.